The maximum atomic E-state index is 12.1. The van der Waals surface area contributed by atoms with Crippen LogP contribution in [0.3, 0.4) is 0 Å². The van der Waals surface area contributed by atoms with Crippen LogP contribution in [0.4, 0.5) is 5.69 Å². The number of amides is 2. The number of ether oxygens (including phenoxy) is 3. The molecular formula is C18H16ClN3O6. The van der Waals surface area contributed by atoms with Gasteiger partial charge in [0.05, 0.1) is 5.56 Å². The first kappa shape index (κ1) is 19.3. The van der Waals surface area contributed by atoms with Gasteiger partial charge in [0.1, 0.15) is 6.61 Å². The van der Waals surface area contributed by atoms with Crippen molar-refractivity contribution in [2.75, 3.05) is 18.9 Å². The van der Waals surface area contributed by atoms with Gasteiger partial charge in [0.15, 0.2) is 18.1 Å². The maximum Gasteiger partial charge on any atom is 0.340 e. The molecule has 146 valence electrons. The third-order valence-corrected chi connectivity index (χ3v) is 3.93. The average Bonchev–Trinajstić information content (AvgIpc) is 2.71. The Balaban J connectivity index is 1.45. The number of carbonyl (C=O) groups excluding carboxylic acids is 3. The summed E-state index contributed by atoms with van der Waals surface area (Å²) in [7, 11) is 0. The Labute approximate surface area is 164 Å². The van der Waals surface area contributed by atoms with Gasteiger partial charge in [0.25, 0.3) is 11.8 Å². The second-order valence-electron chi connectivity index (χ2n) is 5.71. The zero-order valence-corrected chi connectivity index (χ0v) is 15.2. The van der Waals surface area contributed by atoms with Crippen LogP contribution >= 0.6 is 11.6 Å². The van der Waals surface area contributed by atoms with E-state index in [1.807, 2.05) is 0 Å². The van der Waals surface area contributed by atoms with Crippen molar-refractivity contribution in [2.24, 2.45) is 0 Å². The molecule has 1 atom stereocenters. The van der Waals surface area contributed by atoms with Crippen molar-refractivity contribution in [1.82, 2.24) is 10.9 Å². The van der Waals surface area contributed by atoms with Crippen LogP contribution < -0.4 is 26.1 Å². The van der Waals surface area contributed by atoms with Gasteiger partial charge in [-0.2, -0.15) is 0 Å². The minimum absolute atomic E-state index is 0.0122. The number of hydrogen-bond acceptors (Lipinski definition) is 7. The van der Waals surface area contributed by atoms with Gasteiger partial charge in [-0.3, -0.25) is 20.4 Å². The lowest BCUT2D eigenvalue weighted by Crippen LogP contribution is -2.51. The zero-order valence-electron chi connectivity index (χ0n) is 14.4. The molecule has 2 aromatic carbocycles. The molecule has 2 aromatic rings. The summed E-state index contributed by atoms with van der Waals surface area (Å²) in [5.41, 5.74) is 10.2. The molecule has 1 aliphatic heterocycles. The number of halogens is 1. The van der Waals surface area contributed by atoms with E-state index in [0.29, 0.717) is 16.5 Å². The quantitative estimate of drug-likeness (QED) is 0.394. The number of benzene rings is 2. The Kier molecular flexibility index (Phi) is 5.85. The number of nitrogen functional groups attached to an aromatic ring is 1. The van der Waals surface area contributed by atoms with Crippen molar-refractivity contribution in [2.45, 2.75) is 6.10 Å². The van der Waals surface area contributed by atoms with Gasteiger partial charge in [-0.1, -0.05) is 23.7 Å². The van der Waals surface area contributed by atoms with Gasteiger partial charge < -0.3 is 19.9 Å². The highest BCUT2D eigenvalue weighted by Gasteiger charge is 2.27. The normalized spacial score (nSPS) is 14.7. The number of esters is 1. The van der Waals surface area contributed by atoms with E-state index in [1.54, 1.807) is 24.3 Å². The summed E-state index contributed by atoms with van der Waals surface area (Å²) < 4.78 is 15.8. The van der Waals surface area contributed by atoms with Crippen molar-refractivity contribution in [1.29, 1.82) is 0 Å². The largest absolute Gasteiger partial charge is 0.485 e. The molecule has 0 aliphatic carbocycles. The molecular weight excluding hydrogens is 390 g/mol. The van der Waals surface area contributed by atoms with Crippen LogP contribution in [0.2, 0.25) is 5.02 Å². The minimum Gasteiger partial charge on any atom is -0.485 e. The van der Waals surface area contributed by atoms with E-state index < -0.39 is 30.5 Å². The fourth-order valence-electron chi connectivity index (χ4n) is 2.31. The Morgan fingerprint density at radius 3 is 2.68 bits per heavy atom. The maximum absolute atomic E-state index is 12.1. The third kappa shape index (κ3) is 4.63. The van der Waals surface area contributed by atoms with Crippen molar-refractivity contribution in [3.63, 3.8) is 0 Å². The molecule has 1 heterocycles. The summed E-state index contributed by atoms with van der Waals surface area (Å²) in [5, 5.41) is 0.300. The fraction of sp³-hybridized carbons (Fsp3) is 0.167. The Morgan fingerprint density at radius 1 is 1.14 bits per heavy atom. The van der Waals surface area contributed by atoms with Crippen LogP contribution in [0.1, 0.15) is 10.4 Å². The third-order valence-electron chi connectivity index (χ3n) is 3.70. The number of nitrogens with two attached hydrogens (primary N) is 1. The van der Waals surface area contributed by atoms with Crippen molar-refractivity contribution in [3.8, 4) is 11.5 Å². The molecule has 4 N–H and O–H groups in total. The molecule has 3 rings (SSSR count). The summed E-state index contributed by atoms with van der Waals surface area (Å²) in [4.78, 5) is 35.8. The average molecular weight is 406 g/mol. The topological polar surface area (TPSA) is 129 Å². The standard InChI is InChI=1S/C18H16ClN3O6/c19-10-5-6-12(20)11(7-10)18(25)27-9-16(23)21-22-17(24)15-8-26-13-3-1-2-4-14(13)28-15/h1-7,15H,8-9,20H2,(H,21,23)(H,22,24)/t15-/m1/s1. The summed E-state index contributed by atoms with van der Waals surface area (Å²) in [6.45, 7) is -0.641. The van der Waals surface area contributed by atoms with Gasteiger partial charge in [-0.25, -0.2) is 4.79 Å². The number of hydrazine groups is 1. The van der Waals surface area contributed by atoms with Gasteiger partial charge in [-0.15, -0.1) is 0 Å². The van der Waals surface area contributed by atoms with Crippen LogP contribution in [0.15, 0.2) is 42.5 Å². The van der Waals surface area contributed by atoms with E-state index in [-0.39, 0.29) is 17.9 Å². The van der Waals surface area contributed by atoms with Crippen LogP contribution in [0.5, 0.6) is 11.5 Å². The van der Waals surface area contributed by atoms with Gasteiger partial charge >= 0.3 is 5.97 Å². The number of fused-ring (bicyclic) bond motifs is 1. The molecule has 0 saturated carbocycles. The molecule has 0 spiro atoms. The number of carbonyl (C=O) groups is 3. The molecule has 28 heavy (non-hydrogen) atoms. The van der Waals surface area contributed by atoms with Gasteiger partial charge in [0, 0.05) is 10.7 Å². The van der Waals surface area contributed by atoms with Crippen molar-refractivity contribution >= 4 is 35.1 Å². The molecule has 0 radical (unpaired) electrons. The number of para-hydroxylation sites is 2. The van der Waals surface area contributed by atoms with Gasteiger partial charge in [0.2, 0.25) is 6.10 Å². The van der Waals surface area contributed by atoms with Crippen LogP contribution in [0.25, 0.3) is 0 Å². The number of nitrogens with one attached hydrogen (secondary N) is 2. The summed E-state index contributed by atoms with van der Waals surface area (Å²) in [5.74, 6) is -1.23. The molecule has 9 nitrogen and oxygen atoms in total. The Morgan fingerprint density at radius 2 is 1.89 bits per heavy atom. The summed E-state index contributed by atoms with van der Waals surface area (Å²) >= 11 is 5.80. The van der Waals surface area contributed by atoms with Crippen LogP contribution in [0, 0.1) is 0 Å². The predicted molar refractivity (Wildman–Crippen MR) is 98.8 cm³/mol. The van der Waals surface area contributed by atoms with Crippen LogP contribution in [-0.2, 0) is 14.3 Å². The van der Waals surface area contributed by atoms with Crippen molar-refractivity contribution < 1.29 is 28.6 Å². The molecule has 2 amide bonds. The zero-order chi connectivity index (χ0) is 20.1. The molecule has 10 heteroatoms. The van der Waals surface area contributed by atoms with E-state index in [0.717, 1.165) is 0 Å². The Bertz CT molecular complexity index is 920. The highest BCUT2D eigenvalue weighted by Crippen LogP contribution is 2.30. The lowest BCUT2D eigenvalue weighted by Gasteiger charge is -2.25. The lowest BCUT2D eigenvalue weighted by atomic mass is 10.2. The Hall–Kier alpha value is -3.46. The van der Waals surface area contributed by atoms with Gasteiger partial charge in [-0.05, 0) is 30.3 Å². The van der Waals surface area contributed by atoms with Crippen molar-refractivity contribution in [3.05, 3.63) is 53.1 Å². The molecule has 0 unspecified atom stereocenters. The lowest BCUT2D eigenvalue weighted by molar-refractivity contribution is -0.135. The molecule has 0 bridgehead atoms. The van der Waals surface area contributed by atoms with Crippen LogP contribution in [-0.4, -0.2) is 37.1 Å². The number of rotatable bonds is 4. The molecule has 0 aromatic heterocycles. The van der Waals surface area contributed by atoms with E-state index in [9.17, 15) is 14.4 Å². The number of hydrogen-bond donors (Lipinski definition) is 3. The van der Waals surface area contributed by atoms with E-state index in [2.05, 4.69) is 10.9 Å². The van der Waals surface area contributed by atoms with E-state index in [4.69, 9.17) is 31.5 Å². The molecule has 0 saturated heterocycles. The second-order valence-corrected chi connectivity index (χ2v) is 6.15. The minimum atomic E-state index is -0.941. The molecule has 0 fully saturated rings. The summed E-state index contributed by atoms with van der Waals surface area (Å²) in [6, 6.07) is 11.2. The second kappa shape index (κ2) is 8.49. The first-order chi connectivity index (χ1) is 13.4. The SMILES string of the molecule is Nc1ccc(Cl)cc1C(=O)OCC(=O)NNC(=O)[C@H]1COc2ccccc2O1. The highest BCUT2D eigenvalue weighted by molar-refractivity contribution is 6.31. The fourth-order valence-corrected chi connectivity index (χ4v) is 2.48. The monoisotopic (exact) mass is 405 g/mol. The number of anilines is 1. The smallest absolute Gasteiger partial charge is 0.340 e. The first-order valence-corrected chi connectivity index (χ1v) is 8.51. The van der Waals surface area contributed by atoms with E-state index in [1.165, 1.54) is 18.2 Å². The highest BCUT2D eigenvalue weighted by atomic mass is 35.5. The summed E-state index contributed by atoms with van der Waals surface area (Å²) in [6.07, 6.45) is -0.941. The molecule has 1 aliphatic rings. The first-order valence-electron chi connectivity index (χ1n) is 8.13. The van der Waals surface area contributed by atoms with E-state index >= 15 is 0 Å². The predicted octanol–water partition coefficient (Wildman–Crippen LogP) is 1.07.